The number of hydrogen-bond donors (Lipinski definition) is 0. The van der Waals surface area contributed by atoms with E-state index >= 15 is 0 Å². The first kappa shape index (κ1) is 29.2. The molecule has 0 radical (unpaired) electrons. The second-order valence-corrected chi connectivity index (χ2v) is 14.3. The van der Waals surface area contributed by atoms with E-state index in [1.54, 1.807) is 0 Å². The van der Waals surface area contributed by atoms with Crippen molar-refractivity contribution in [3.8, 4) is 22.3 Å². The number of benzene rings is 3. The number of pyridine rings is 2. The van der Waals surface area contributed by atoms with Crippen molar-refractivity contribution in [2.45, 2.75) is 90.9 Å². The molecule has 2 nitrogen and oxygen atoms in total. The van der Waals surface area contributed by atoms with Gasteiger partial charge in [-0.05, 0) is 90.2 Å². The molecule has 2 fully saturated rings. The van der Waals surface area contributed by atoms with Gasteiger partial charge in [-0.2, -0.15) is 0 Å². The fraction of sp³-hybridized carbons (Fsp3) is 0.429. The van der Waals surface area contributed by atoms with Gasteiger partial charge >= 0.3 is 0 Å². The van der Waals surface area contributed by atoms with Crippen LogP contribution in [0.2, 0.25) is 0 Å². The molecule has 0 saturated heterocycles. The topological polar surface area (TPSA) is 25.8 Å². The summed E-state index contributed by atoms with van der Waals surface area (Å²) in [5.41, 5.74) is 9.80. The van der Waals surface area contributed by atoms with Gasteiger partial charge in [0.25, 0.3) is 0 Å². The quantitative estimate of drug-likeness (QED) is 0.187. The molecular formula is C42H48N2. The standard InChI is InChI=1S/C42H48N2/c1-5-12-30-18-20-34(29(4)24-30)40-26-38(32-15-10-7-11-16-32)36-22-21-35-37(31-13-8-6-9-14-31)25-39(43-41(35)42(36)44-40)33-19-17-27(2)23-28(33)3/h6-11,13-16,21-22,25-30,33-34H,5,12,17-20,23-24H2,1-4H3. The average Bonchev–Trinajstić information content (AvgIpc) is 3.05. The lowest BCUT2D eigenvalue weighted by Gasteiger charge is -2.34. The third kappa shape index (κ3) is 5.57. The SMILES string of the molecule is CCCC1CCC(c2cc(-c3ccccc3)c3ccc4c(-c5ccccc5)cc(C5CCC(C)CC5C)nc4c3n2)C(C)C1. The van der Waals surface area contributed by atoms with Gasteiger partial charge in [0, 0.05) is 34.0 Å². The highest BCUT2D eigenvalue weighted by molar-refractivity contribution is 6.12. The van der Waals surface area contributed by atoms with E-state index in [1.807, 2.05) is 0 Å². The van der Waals surface area contributed by atoms with E-state index in [-0.39, 0.29) is 0 Å². The molecule has 2 aliphatic carbocycles. The van der Waals surface area contributed by atoms with Gasteiger partial charge in [-0.25, -0.2) is 0 Å². The first-order valence-corrected chi connectivity index (χ1v) is 17.4. The van der Waals surface area contributed by atoms with Crippen LogP contribution in [0.5, 0.6) is 0 Å². The second-order valence-electron chi connectivity index (χ2n) is 14.3. The summed E-state index contributed by atoms with van der Waals surface area (Å²) < 4.78 is 0. The van der Waals surface area contributed by atoms with Crippen LogP contribution >= 0.6 is 0 Å². The molecule has 2 heteroatoms. The Balaban J connectivity index is 1.47. The van der Waals surface area contributed by atoms with E-state index in [2.05, 4.69) is 113 Å². The molecule has 6 unspecified atom stereocenters. The van der Waals surface area contributed by atoms with Gasteiger partial charge in [0.15, 0.2) is 0 Å². The number of nitrogens with zero attached hydrogens (tertiary/aromatic N) is 2. The smallest absolute Gasteiger partial charge is 0.0974 e. The van der Waals surface area contributed by atoms with Crippen molar-refractivity contribution < 1.29 is 0 Å². The summed E-state index contributed by atoms with van der Waals surface area (Å²) in [6, 6.07) is 31.4. The zero-order valence-corrected chi connectivity index (χ0v) is 27.1. The average molecular weight is 581 g/mol. The van der Waals surface area contributed by atoms with Crippen molar-refractivity contribution in [2.24, 2.45) is 23.7 Å². The maximum Gasteiger partial charge on any atom is 0.0974 e. The van der Waals surface area contributed by atoms with E-state index < -0.39 is 0 Å². The highest BCUT2D eigenvalue weighted by Crippen LogP contribution is 2.45. The van der Waals surface area contributed by atoms with E-state index in [9.17, 15) is 0 Å². The number of aromatic nitrogens is 2. The molecule has 2 heterocycles. The highest BCUT2D eigenvalue weighted by atomic mass is 14.8. The van der Waals surface area contributed by atoms with E-state index in [0.29, 0.717) is 23.7 Å². The molecule has 5 aromatic rings. The van der Waals surface area contributed by atoms with Crippen molar-refractivity contribution >= 4 is 21.8 Å². The summed E-state index contributed by atoms with van der Waals surface area (Å²) in [7, 11) is 0. The van der Waals surface area contributed by atoms with E-state index in [4.69, 9.17) is 9.97 Å². The molecule has 7 rings (SSSR count). The van der Waals surface area contributed by atoms with Gasteiger partial charge < -0.3 is 0 Å². The molecule has 2 aliphatic rings. The van der Waals surface area contributed by atoms with Gasteiger partial charge in [0.05, 0.1) is 11.0 Å². The van der Waals surface area contributed by atoms with Crippen molar-refractivity contribution in [2.75, 3.05) is 0 Å². The van der Waals surface area contributed by atoms with Gasteiger partial charge in [-0.3, -0.25) is 9.97 Å². The van der Waals surface area contributed by atoms with E-state index in [1.165, 1.54) is 95.8 Å². The van der Waals surface area contributed by atoms with E-state index in [0.717, 1.165) is 22.9 Å². The molecule has 0 bridgehead atoms. The minimum atomic E-state index is 0.485. The molecule has 2 aromatic heterocycles. The van der Waals surface area contributed by atoms with Crippen molar-refractivity contribution in [1.29, 1.82) is 0 Å². The third-order valence-electron chi connectivity index (χ3n) is 11.1. The predicted octanol–water partition coefficient (Wildman–Crippen LogP) is 12.0. The lowest BCUT2D eigenvalue weighted by atomic mass is 9.72. The van der Waals surface area contributed by atoms with Crippen LogP contribution in [-0.2, 0) is 0 Å². The number of hydrogen-bond acceptors (Lipinski definition) is 2. The number of fused-ring (bicyclic) bond motifs is 3. The molecule has 44 heavy (non-hydrogen) atoms. The van der Waals surface area contributed by atoms with Crippen LogP contribution in [0, 0.1) is 23.7 Å². The molecule has 226 valence electrons. The Morgan fingerprint density at radius 1 is 0.591 bits per heavy atom. The summed E-state index contributed by atoms with van der Waals surface area (Å²) >= 11 is 0. The minimum Gasteiger partial charge on any atom is -0.250 e. The van der Waals surface area contributed by atoms with Crippen LogP contribution in [-0.4, -0.2) is 9.97 Å². The van der Waals surface area contributed by atoms with Crippen LogP contribution in [0.15, 0.2) is 84.9 Å². The van der Waals surface area contributed by atoms with Crippen molar-refractivity contribution in [3.63, 3.8) is 0 Å². The summed E-state index contributed by atoms with van der Waals surface area (Å²) in [4.78, 5) is 11.2. The zero-order valence-electron chi connectivity index (χ0n) is 27.1. The van der Waals surface area contributed by atoms with Crippen LogP contribution in [0.1, 0.15) is 102 Å². The minimum absolute atomic E-state index is 0.485. The molecule has 3 aromatic carbocycles. The van der Waals surface area contributed by atoms with Gasteiger partial charge in [0.2, 0.25) is 0 Å². The molecule has 6 atom stereocenters. The first-order valence-electron chi connectivity index (χ1n) is 17.4. The van der Waals surface area contributed by atoms with Gasteiger partial charge in [0.1, 0.15) is 0 Å². The molecule has 0 aliphatic heterocycles. The van der Waals surface area contributed by atoms with Crippen molar-refractivity contribution in [1.82, 2.24) is 9.97 Å². The van der Waals surface area contributed by atoms with Crippen LogP contribution in [0.4, 0.5) is 0 Å². The highest BCUT2D eigenvalue weighted by Gasteiger charge is 2.31. The Bertz CT molecular complexity index is 1740. The molecule has 0 N–H and O–H groups in total. The van der Waals surface area contributed by atoms with Crippen LogP contribution in [0.25, 0.3) is 44.1 Å². The van der Waals surface area contributed by atoms with Gasteiger partial charge in [-0.1, -0.05) is 120 Å². The number of rotatable bonds is 6. The molecule has 2 saturated carbocycles. The Morgan fingerprint density at radius 3 is 1.57 bits per heavy atom. The summed E-state index contributed by atoms with van der Waals surface area (Å²) in [5.74, 6) is 3.89. The maximum atomic E-state index is 5.62. The Morgan fingerprint density at radius 2 is 1.09 bits per heavy atom. The fourth-order valence-corrected chi connectivity index (χ4v) is 8.83. The van der Waals surface area contributed by atoms with Gasteiger partial charge in [-0.15, -0.1) is 0 Å². The summed E-state index contributed by atoms with van der Waals surface area (Å²) in [5, 5.41) is 2.43. The molecule has 0 spiro atoms. The monoisotopic (exact) mass is 580 g/mol. The van der Waals surface area contributed by atoms with Crippen molar-refractivity contribution in [3.05, 3.63) is 96.3 Å². The third-order valence-corrected chi connectivity index (χ3v) is 11.1. The van der Waals surface area contributed by atoms with Crippen LogP contribution < -0.4 is 0 Å². The van der Waals surface area contributed by atoms with Crippen LogP contribution in [0.3, 0.4) is 0 Å². The predicted molar refractivity (Wildman–Crippen MR) is 187 cm³/mol. The summed E-state index contributed by atoms with van der Waals surface area (Å²) in [6.45, 7) is 9.66. The lowest BCUT2D eigenvalue weighted by molar-refractivity contribution is 0.233. The first-order chi connectivity index (χ1) is 21.5. The molecule has 0 amide bonds. The lowest BCUT2D eigenvalue weighted by Crippen LogP contribution is -2.22. The largest absolute Gasteiger partial charge is 0.250 e. The Labute approximate surface area is 264 Å². The maximum absolute atomic E-state index is 5.62. The second kappa shape index (κ2) is 12.5. The fourth-order valence-electron chi connectivity index (χ4n) is 8.83. The molecular weight excluding hydrogens is 532 g/mol. The summed E-state index contributed by atoms with van der Waals surface area (Å²) in [6.07, 6.45) is 10.3. The normalized spacial score (nSPS) is 25.8. The Hall–Kier alpha value is -3.52. The zero-order chi connectivity index (χ0) is 30.2. The Kier molecular flexibility index (Phi) is 8.27.